The zero-order valence-corrected chi connectivity index (χ0v) is 18.7. The molecule has 1 aliphatic rings. The van der Waals surface area contributed by atoms with Crippen LogP contribution in [0, 0.1) is 0 Å². The summed E-state index contributed by atoms with van der Waals surface area (Å²) in [6.45, 7) is 1.38. The van der Waals surface area contributed by atoms with Gasteiger partial charge in [0.2, 0.25) is 0 Å². The van der Waals surface area contributed by atoms with Crippen LogP contribution < -0.4 is 20.1 Å². The molecule has 0 spiro atoms. The van der Waals surface area contributed by atoms with Gasteiger partial charge in [0.25, 0.3) is 0 Å². The predicted molar refractivity (Wildman–Crippen MR) is 119 cm³/mol. The van der Waals surface area contributed by atoms with Gasteiger partial charge in [-0.1, -0.05) is 24.3 Å². The van der Waals surface area contributed by atoms with Crippen molar-refractivity contribution in [2.24, 2.45) is 4.99 Å². The lowest BCUT2D eigenvalue weighted by Gasteiger charge is -2.16. The van der Waals surface area contributed by atoms with E-state index in [1.807, 2.05) is 36.4 Å². The molecule has 0 fully saturated rings. The molecular formula is C19H23BrIN3O2. The van der Waals surface area contributed by atoms with Gasteiger partial charge in [-0.3, -0.25) is 4.99 Å². The minimum atomic E-state index is 0. The molecule has 140 valence electrons. The minimum absolute atomic E-state index is 0. The number of hydrogen-bond donors (Lipinski definition) is 2. The summed E-state index contributed by atoms with van der Waals surface area (Å²) >= 11 is 3.51. The largest absolute Gasteiger partial charge is 0.496 e. The third-order valence-electron chi connectivity index (χ3n) is 4.11. The van der Waals surface area contributed by atoms with E-state index >= 15 is 0 Å². The summed E-state index contributed by atoms with van der Waals surface area (Å²) in [5.74, 6) is 2.57. The fraction of sp³-hybridized carbons (Fsp3) is 0.316. The molecule has 1 aliphatic heterocycles. The number of rotatable bonds is 5. The fourth-order valence-corrected chi connectivity index (χ4v) is 3.39. The first-order chi connectivity index (χ1) is 12.2. The molecule has 2 aromatic rings. The van der Waals surface area contributed by atoms with Crippen molar-refractivity contribution in [3.8, 4) is 11.5 Å². The van der Waals surface area contributed by atoms with Crippen LogP contribution in [0.5, 0.6) is 11.5 Å². The Bertz CT molecular complexity index is 745. The SMILES string of the molecule is CN=C(NCc1ccc(OC)c(Br)c1)NCC1Cc2ccccc2O1.I. The van der Waals surface area contributed by atoms with Crippen LogP contribution in [0.4, 0.5) is 0 Å². The van der Waals surface area contributed by atoms with E-state index in [4.69, 9.17) is 9.47 Å². The summed E-state index contributed by atoms with van der Waals surface area (Å²) < 4.78 is 12.1. The first-order valence-electron chi connectivity index (χ1n) is 8.21. The maximum Gasteiger partial charge on any atom is 0.191 e. The van der Waals surface area contributed by atoms with Crippen molar-refractivity contribution in [3.05, 3.63) is 58.1 Å². The molecule has 1 heterocycles. The van der Waals surface area contributed by atoms with E-state index in [2.05, 4.69) is 37.6 Å². The lowest BCUT2D eigenvalue weighted by atomic mass is 10.1. The van der Waals surface area contributed by atoms with Crippen LogP contribution in [0.1, 0.15) is 11.1 Å². The molecule has 3 rings (SSSR count). The highest BCUT2D eigenvalue weighted by Gasteiger charge is 2.22. The second-order valence-corrected chi connectivity index (χ2v) is 6.68. The number of nitrogens with zero attached hydrogens (tertiary/aromatic N) is 1. The van der Waals surface area contributed by atoms with Crippen molar-refractivity contribution in [1.82, 2.24) is 10.6 Å². The molecule has 0 aliphatic carbocycles. The van der Waals surface area contributed by atoms with Gasteiger partial charge >= 0.3 is 0 Å². The predicted octanol–water partition coefficient (Wildman–Crippen LogP) is 3.74. The summed E-state index contributed by atoms with van der Waals surface area (Å²) in [5, 5.41) is 6.65. The number of nitrogens with one attached hydrogen (secondary N) is 2. The van der Waals surface area contributed by atoms with Crippen LogP contribution in [0.2, 0.25) is 0 Å². The average molecular weight is 532 g/mol. The van der Waals surface area contributed by atoms with E-state index in [0.29, 0.717) is 13.1 Å². The molecule has 0 saturated heterocycles. The molecule has 1 atom stereocenters. The first-order valence-corrected chi connectivity index (χ1v) is 9.00. The van der Waals surface area contributed by atoms with Crippen LogP contribution in [0.15, 0.2) is 51.9 Å². The van der Waals surface area contributed by atoms with Crippen LogP contribution in [-0.4, -0.2) is 32.8 Å². The summed E-state index contributed by atoms with van der Waals surface area (Å²) in [4.78, 5) is 4.27. The number of guanidine groups is 1. The Morgan fingerprint density at radius 2 is 2.08 bits per heavy atom. The number of aliphatic imine (C=N–C) groups is 1. The Balaban J connectivity index is 0.00000243. The van der Waals surface area contributed by atoms with E-state index in [0.717, 1.165) is 33.9 Å². The van der Waals surface area contributed by atoms with E-state index in [9.17, 15) is 0 Å². The molecule has 0 saturated carbocycles. The van der Waals surface area contributed by atoms with Crippen molar-refractivity contribution >= 4 is 45.9 Å². The number of benzene rings is 2. The van der Waals surface area contributed by atoms with E-state index in [1.54, 1.807) is 14.2 Å². The summed E-state index contributed by atoms with van der Waals surface area (Å²) in [7, 11) is 3.43. The highest BCUT2D eigenvalue weighted by Crippen LogP contribution is 2.27. The Morgan fingerprint density at radius 3 is 2.77 bits per heavy atom. The maximum absolute atomic E-state index is 5.94. The molecule has 1 unspecified atom stereocenters. The van der Waals surface area contributed by atoms with Crippen molar-refractivity contribution in [2.75, 3.05) is 20.7 Å². The first kappa shape index (κ1) is 20.8. The lowest BCUT2D eigenvalue weighted by Crippen LogP contribution is -2.41. The van der Waals surface area contributed by atoms with Crippen LogP contribution in [0.3, 0.4) is 0 Å². The third-order valence-corrected chi connectivity index (χ3v) is 4.73. The highest BCUT2D eigenvalue weighted by atomic mass is 127. The maximum atomic E-state index is 5.94. The minimum Gasteiger partial charge on any atom is -0.496 e. The van der Waals surface area contributed by atoms with Gasteiger partial charge in [-0.2, -0.15) is 0 Å². The Labute approximate surface area is 179 Å². The Hall–Kier alpha value is -1.48. The van der Waals surface area contributed by atoms with E-state index in [-0.39, 0.29) is 30.1 Å². The van der Waals surface area contributed by atoms with Crippen molar-refractivity contribution in [2.45, 2.75) is 19.1 Å². The number of fused-ring (bicyclic) bond motifs is 1. The number of hydrogen-bond acceptors (Lipinski definition) is 3. The number of methoxy groups -OCH3 is 1. The summed E-state index contributed by atoms with van der Waals surface area (Å²) in [5.41, 5.74) is 2.40. The standard InChI is InChI=1S/C19H22BrN3O2.HI/c1-21-19(22-11-13-7-8-18(24-2)16(20)9-13)23-12-15-10-14-5-3-4-6-17(14)25-15;/h3-9,15H,10-12H2,1-2H3,(H2,21,22,23);1H. The van der Waals surface area contributed by atoms with Gasteiger partial charge in [0, 0.05) is 20.0 Å². The molecular weight excluding hydrogens is 509 g/mol. The lowest BCUT2D eigenvalue weighted by molar-refractivity contribution is 0.235. The number of para-hydroxylation sites is 1. The van der Waals surface area contributed by atoms with Gasteiger partial charge < -0.3 is 20.1 Å². The molecule has 2 aromatic carbocycles. The van der Waals surface area contributed by atoms with E-state index < -0.39 is 0 Å². The third kappa shape index (κ3) is 5.26. The highest BCUT2D eigenvalue weighted by molar-refractivity contribution is 14.0. The van der Waals surface area contributed by atoms with Crippen LogP contribution in [-0.2, 0) is 13.0 Å². The van der Waals surface area contributed by atoms with Crippen molar-refractivity contribution < 1.29 is 9.47 Å². The van der Waals surface area contributed by atoms with Crippen molar-refractivity contribution in [1.29, 1.82) is 0 Å². The molecule has 0 amide bonds. The molecule has 0 aromatic heterocycles. The number of ether oxygens (including phenoxy) is 2. The average Bonchev–Trinajstić information content (AvgIpc) is 3.05. The van der Waals surface area contributed by atoms with Gasteiger partial charge in [-0.25, -0.2) is 0 Å². The van der Waals surface area contributed by atoms with Gasteiger partial charge in [-0.05, 0) is 45.3 Å². The second kappa shape index (κ2) is 10.0. The summed E-state index contributed by atoms with van der Waals surface area (Å²) in [6, 6.07) is 14.2. The van der Waals surface area contributed by atoms with Crippen molar-refractivity contribution in [3.63, 3.8) is 0 Å². The van der Waals surface area contributed by atoms with Gasteiger partial charge in [0.1, 0.15) is 17.6 Å². The Morgan fingerprint density at radius 1 is 1.27 bits per heavy atom. The molecule has 0 radical (unpaired) electrons. The second-order valence-electron chi connectivity index (χ2n) is 5.83. The molecule has 7 heteroatoms. The van der Waals surface area contributed by atoms with Gasteiger partial charge in [0.15, 0.2) is 5.96 Å². The van der Waals surface area contributed by atoms with Crippen LogP contribution in [0.25, 0.3) is 0 Å². The number of halogens is 2. The molecule has 26 heavy (non-hydrogen) atoms. The smallest absolute Gasteiger partial charge is 0.191 e. The topological polar surface area (TPSA) is 54.9 Å². The van der Waals surface area contributed by atoms with E-state index in [1.165, 1.54) is 5.56 Å². The zero-order chi connectivity index (χ0) is 17.6. The van der Waals surface area contributed by atoms with Gasteiger partial charge in [-0.15, -0.1) is 24.0 Å². The molecule has 0 bridgehead atoms. The summed E-state index contributed by atoms with van der Waals surface area (Å²) in [6.07, 6.45) is 1.05. The van der Waals surface area contributed by atoms with Crippen LogP contribution >= 0.6 is 39.9 Å². The normalized spacial score (nSPS) is 15.5. The monoisotopic (exact) mass is 531 g/mol. The van der Waals surface area contributed by atoms with Gasteiger partial charge in [0.05, 0.1) is 18.1 Å². The Kier molecular flexibility index (Phi) is 8.02. The molecule has 5 nitrogen and oxygen atoms in total. The zero-order valence-electron chi connectivity index (χ0n) is 14.8. The quantitative estimate of drug-likeness (QED) is 0.350. The molecule has 2 N–H and O–H groups in total. The fourth-order valence-electron chi connectivity index (χ4n) is 2.80.